The van der Waals surface area contributed by atoms with Crippen molar-refractivity contribution in [1.82, 2.24) is 19.9 Å². The van der Waals surface area contributed by atoms with E-state index in [0.717, 1.165) is 36.9 Å². The Morgan fingerprint density at radius 1 is 1.18 bits per heavy atom. The first-order chi connectivity index (χ1) is 10.6. The summed E-state index contributed by atoms with van der Waals surface area (Å²) in [6, 6.07) is 0. The quantitative estimate of drug-likeness (QED) is 0.846. The van der Waals surface area contributed by atoms with Gasteiger partial charge in [0.05, 0.1) is 11.9 Å². The van der Waals surface area contributed by atoms with Gasteiger partial charge in [-0.15, -0.1) is 11.3 Å². The molecule has 1 amide bonds. The highest BCUT2D eigenvalue weighted by atomic mass is 32.1. The number of hydrogen-bond donors (Lipinski definition) is 0. The SMILES string of the molecule is Cc1nc(N2CCCN(C(=O)c3cnccn3)CC2)sc1C. The minimum Gasteiger partial charge on any atom is -0.346 e. The number of nitrogens with zero attached hydrogens (tertiary/aromatic N) is 5. The topological polar surface area (TPSA) is 62.2 Å². The van der Waals surface area contributed by atoms with Gasteiger partial charge >= 0.3 is 0 Å². The summed E-state index contributed by atoms with van der Waals surface area (Å²) in [4.78, 5) is 30.5. The second-order valence-electron chi connectivity index (χ2n) is 5.36. The summed E-state index contributed by atoms with van der Waals surface area (Å²) in [6.07, 6.45) is 5.59. The summed E-state index contributed by atoms with van der Waals surface area (Å²) >= 11 is 1.73. The first-order valence-corrected chi connectivity index (χ1v) is 8.21. The van der Waals surface area contributed by atoms with Crippen LogP contribution in [-0.4, -0.2) is 51.9 Å². The molecule has 0 radical (unpaired) electrons. The predicted molar refractivity (Wildman–Crippen MR) is 86.4 cm³/mol. The van der Waals surface area contributed by atoms with Gasteiger partial charge in [0.25, 0.3) is 5.91 Å². The third kappa shape index (κ3) is 3.09. The molecule has 0 atom stereocenters. The van der Waals surface area contributed by atoms with E-state index in [4.69, 9.17) is 0 Å². The van der Waals surface area contributed by atoms with Gasteiger partial charge in [-0.25, -0.2) is 9.97 Å². The molecule has 1 aliphatic rings. The van der Waals surface area contributed by atoms with Crippen LogP contribution in [0.2, 0.25) is 0 Å². The third-order valence-electron chi connectivity index (χ3n) is 3.85. The van der Waals surface area contributed by atoms with Gasteiger partial charge in [-0.3, -0.25) is 9.78 Å². The lowest BCUT2D eigenvalue weighted by Crippen LogP contribution is -2.35. The van der Waals surface area contributed by atoms with Crippen molar-refractivity contribution >= 4 is 22.4 Å². The molecule has 7 heteroatoms. The fourth-order valence-corrected chi connectivity index (χ4v) is 3.44. The highest BCUT2D eigenvalue weighted by Gasteiger charge is 2.22. The van der Waals surface area contributed by atoms with Crippen LogP contribution >= 0.6 is 11.3 Å². The van der Waals surface area contributed by atoms with E-state index in [1.165, 1.54) is 11.1 Å². The standard InChI is InChI=1S/C15H19N5OS/c1-11-12(2)22-15(18-11)20-7-3-6-19(8-9-20)14(21)13-10-16-4-5-17-13/h4-5,10H,3,6-9H2,1-2H3. The van der Waals surface area contributed by atoms with Crippen LogP contribution in [0.25, 0.3) is 0 Å². The van der Waals surface area contributed by atoms with E-state index in [-0.39, 0.29) is 5.91 Å². The Kier molecular flexibility index (Phi) is 4.33. The number of aryl methyl sites for hydroxylation is 2. The molecule has 116 valence electrons. The lowest BCUT2D eigenvalue weighted by molar-refractivity contribution is 0.0760. The molecule has 1 aliphatic heterocycles. The van der Waals surface area contributed by atoms with E-state index in [1.54, 1.807) is 23.7 Å². The number of carbonyl (C=O) groups excluding carboxylic acids is 1. The number of thiazole rings is 1. The molecule has 1 fully saturated rings. The molecular weight excluding hydrogens is 298 g/mol. The number of hydrogen-bond acceptors (Lipinski definition) is 6. The zero-order valence-electron chi connectivity index (χ0n) is 12.8. The molecule has 0 aliphatic carbocycles. The molecule has 22 heavy (non-hydrogen) atoms. The van der Waals surface area contributed by atoms with Gasteiger partial charge in [-0.2, -0.15) is 0 Å². The Labute approximate surface area is 133 Å². The maximum Gasteiger partial charge on any atom is 0.274 e. The van der Waals surface area contributed by atoms with Crippen LogP contribution in [0.15, 0.2) is 18.6 Å². The largest absolute Gasteiger partial charge is 0.346 e. The first-order valence-electron chi connectivity index (χ1n) is 7.39. The normalized spacial score (nSPS) is 15.7. The molecule has 0 spiro atoms. The van der Waals surface area contributed by atoms with Gasteiger partial charge < -0.3 is 9.80 Å². The van der Waals surface area contributed by atoms with Gasteiger partial charge in [0.2, 0.25) is 0 Å². The monoisotopic (exact) mass is 317 g/mol. The van der Waals surface area contributed by atoms with Crippen LogP contribution in [0.3, 0.4) is 0 Å². The minimum atomic E-state index is -0.0403. The molecule has 0 bridgehead atoms. The Morgan fingerprint density at radius 3 is 2.73 bits per heavy atom. The first kappa shape index (κ1) is 14.9. The molecule has 0 unspecified atom stereocenters. The Bertz CT molecular complexity index is 638. The highest BCUT2D eigenvalue weighted by Crippen LogP contribution is 2.26. The Balaban J connectivity index is 1.68. The van der Waals surface area contributed by atoms with Crippen molar-refractivity contribution in [2.45, 2.75) is 20.3 Å². The smallest absolute Gasteiger partial charge is 0.274 e. The average Bonchev–Trinajstić information content (AvgIpc) is 2.76. The molecule has 1 saturated heterocycles. The van der Waals surface area contributed by atoms with Crippen molar-refractivity contribution in [3.63, 3.8) is 0 Å². The summed E-state index contributed by atoms with van der Waals surface area (Å²) in [7, 11) is 0. The minimum absolute atomic E-state index is 0.0403. The number of rotatable bonds is 2. The van der Waals surface area contributed by atoms with E-state index in [1.807, 2.05) is 11.8 Å². The van der Waals surface area contributed by atoms with Crippen LogP contribution in [0, 0.1) is 13.8 Å². The fraction of sp³-hybridized carbons (Fsp3) is 0.467. The third-order valence-corrected chi connectivity index (χ3v) is 4.99. The number of amides is 1. The molecule has 3 rings (SSSR count). The van der Waals surface area contributed by atoms with Crippen molar-refractivity contribution in [3.8, 4) is 0 Å². The number of carbonyl (C=O) groups is 1. The lowest BCUT2D eigenvalue weighted by Gasteiger charge is -2.21. The summed E-state index contributed by atoms with van der Waals surface area (Å²) in [6.45, 7) is 7.30. The zero-order chi connectivity index (χ0) is 15.5. The van der Waals surface area contributed by atoms with E-state index < -0.39 is 0 Å². The van der Waals surface area contributed by atoms with Crippen LogP contribution in [-0.2, 0) is 0 Å². The van der Waals surface area contributed by atoms with Crippen LogP contribution < -0.4 is 4.90 Å². The van der Waals surface area contributed by atoms with Gasteiger partial charge in [0.1, 0.15) is 5.69 Å². The zero-order valence-corrected chi connectivity index (χ0v) is 13.6. The molecule has 0 saturated carbocycles. The van der Waals surface area contributed by atoms with Crippen molar-refractivity contribution in [2.24, 2.45) is 0 Å². The summed E-state index contributed by atoms with van der Waals surface area (Å²) in [5, 5.41) is 1.06. The highest BCUT2D eigenvalue weighted by molar-refractivity contribution is 7.15. The van der Waals surface area contributed by atoms with Gasteiger partial charge in [0, 0.05) is 43.4 Å². The van der Waals surface area contributed by atoms with Crippen LogP contribution in [0.4, 0.5) is 5.13 Å². The molecule has 3 heterocycles. The van der Waals surface area contributed by atoms with Crippen molar-refractivity contribution in [2.75, 3.05) is 31.1 Å². The molecule has 2 aromatic heterocycles. The molecule has 0 aromatic carbocycles. The Morgan fingerprint density at radius 2 is 2.05 bits per heavy atom. The summed E-state index contributed by atoms with van der Waals surface area (Å²) in [5.41, 5.74) is 1.51. The number of anilines is 1. The van der Waals surface area contributed by atoms with Gasteiger partial charge in [-0.1, -0.05) is 0 Å². The van der Waals surface area contributed by atoms with Gasteiger partial charge in [0.15, 0.2) is 5.13 Å². The maximum absolute atomic E-state index is 12.4. The Hall–Kier alpha value is -2.02. The van der Waals surface area contributed by atoms with E-state index in [0.29, 0.717) is 12.2 Å². The summed E-state index contributed by atoms with van der Waals surface area (Å²) in [5.74, 6) is -0.0403. The van der Waals surface area contributed by atoms with E-state index in [9.17, 15) is 4.79 Å². The average molecular weight is 317 g/mol. The van der Waals surface area contributed by atoms with E-state index >= 15 is 0 Å². The lowest BCUT2D eigenvalue weighted by atomic mass is 10.3. The van der Waals surface area contributed by atoms with Crippen LogP contribution in [0.1, 0.15) is 27.5 Å². The number of aromatic nitrogens is 3. The maximum atomic E-state index is 12.4. The van der Waals surface area contributed by atoms with Crippen molar-refractivity contribution < 1.29 is 4.79 Å². The second kappa shape index (κ2) is 6.39. The van der Waals surface area contributed by atoms with Crippen LogP contribution in [0.5, 0.6) is 0 Å². The molecule has 6 nitrogen and oxygen atoms in total. The second-order valence-corrected chi connectivity index (χ2v) is 6.54. The van der Waals surface area contributed by atoms with Gasteiger partial charge in [-0.05, 0) is 20.3 Å². The molecule has 0 N–H and O–H groups in total. The summed E-state index contributed by atoms with van der Waals surface area (Å²) < 4.78 is 0. The van der Waals surface area contributed by atoms with Crippen molar-refractivity contribution in [1.29, 1.82) is 0 Å². The van der Waals surface area contributed by atoms with E-state index in [2.05, 4.69) is 26.8 Å². The van der Waals surface area contributed by atoms with Crippen molar-refractivity contribution in [3.05, 3.63) is 34.9 Å². The predicted octanol–water partition coefficient (Wildman–Crippen LogP) is 1.90. The molecule has 2 aromatic rings. The molecular formula is C15H19N5OS. The fourth-order valence-electron chi connectivity index (χ4n) is 2.47.